The van der Waals surface area contributed by atoms with Gasteiger partial charge in [-0.2, -0.15) is 0 Å². The number of hydrogen-bond acceptors (Lipinski definition) is 5. The highest BCUT2D eigenvalue weighted by molar-refractivity contribution is 6.40. The molecule has 2 atom stereocenters. The lowest BCUT2D eigenvalue weighted by Crippen LogP contribution is -2.55. The number of hydrogen-bond donors (Lipinski definition) is 4. The maximum Gasteiger partial charge on any atom is 0.451 e. The summed E-state index contributed by atoms with van der Waals surface area (Å²) >= 11 is 0. The van der Waals surface area contributed by atoms with Gasteiger partial charge in [0, 0.05) is 17.8 Å². The summed E-state index contributed by atoms with van der Waals surface area (Å²) in [5.41, 5.74) is 7.82. The molecule has 0 spiro atoms. The van der Waals surface area contributed by atoms with Crippen LogP contribution < -0.4 is 5.73 Å². The van der Waals surface area contributed by atoms with Crippen molar-refractivity contribution in [3.05, 3.63) is 29.6 Å². The van der Waals surface area contributed by atoms with E-state index in [0.29, 0.717) is 31.1 Å². The number of aromatic nitrogens is 1. The van der Waals surface area contributed by atoms with Gasteiger partial charge in [0.1, 0.15) is 5.54 Å². The second-order valence-corrected chi connectivity index (χ2v) is 8.73. The van der Waals surface area contributed by atoms with Gasteiger partial charge in [-0.25, -0.2) is 0 Å². The van der Waals surface area contributed by atoms with Crippen molar-refractivity contribution in [2.24, 2.45) is 17.6 Å². The van der Waals surface area contributed by atoms with Crippen LogP contribution in [-0.2, 0) is 11.2 Å². The number of rotatable bonds is 8. The highest BCUT2D eigenvalue weighted by atomic mass is 16.4. The van der Waals surface area contributed by atoms with Crippen LogP contribution in [0.5, 0.6) is 0 Å². The molecule has 0 radical (unpaired) electrons. The van der Waals surface area contributed by atoms with E-state index in [0.717, 1.165) is 32.1 Å². The lowest BCUT2D eigenvalue weighted by Gasteiger charge is -2.41. The maximum absolute atomic E-state index is 12.0. The van der Waals surface area contributed by atoms with E-state index in [4.69, 9.17) is 15.8 Å². The average molecular weight is 388 g/mol. The molecule has 1 saturated carbocycles. The summed E-state index contributed by atoms with van der Waals surface area (Å²) < 4.78 is 0. The van der Waals surface area contributed by atoms with Gasteiger partial charge in [-0.15, -0.1) is 0 Å². The van der Waals surface area contributed by atoms with Gasteiger partial charge in [0.05, 0.1) is 0 Å². The number of fused-ring (bicyclic) bond motifs is 1. The summed E-state index contributed by atoms with van der Waals surface area (Å²) in [5, 5.41) is 27.7. The number of carbonyl (C=O) groups is 1. The predicted molar refractivity (Wildman–Crippen MR) is 109 cm³/mol. The van der Waals surface area contributed by atoms with Crippen LogP contribution in [0.2, 0.25) is 6.32 Å². The minimum Gasteiger partial charge on any atom is -0.480 e. The SMILES string of the molecule is NC(CCCCB(O)O)(C(=O)O)C1CCC(C2CCCc3cccnc32)CC1. The summed E-state index contributed by atoms with van der Waals surface area (Å²) in [7, 11) is -1.33. The van der Waals surface area contributed by atoms with Crippen LogP contribution in [-0.4, -0.2) is 38.8 Å². The van der Waals surface area contributed by atoms with Crippen LogP contribution in [0.1, 0.15) is 75.0 Å². The summed E-state index contributed by atoms with van der Waals surface area (Å²) in [5.74, 6) is 0.110. The van der Waals surface area contributed by atoms with E-state index >= 15 is 0 Å². The summed E-state index contributed by atoms with van der Waals surface area (Å²) in [6.45, 7) is 0. The number of aliphatic carboxylic acids is 1. The van der Waals surface area contributed by atoms with Crippen LogP contribution in [0.3, 0.4) is 0 Å². The summed E-state index contributed by atoms with van der Waals surface area (Å²) in [6, 6.07) is 4.21. The van der Waals surface area contributed by atoms with E-state index in [9.17, 15) is 9.90 Å². The van der Waals surface area contributed by atoms with Gasteiger partial charge in [-0.05, 0) is 81.2 Å². The Morgan fingerprint density at radius 2 is 1.96 bits per heavy atom. The molecule has 2 aliphatic rings. The molecule has 0 saturated heterocycles. The first-order valence-electron chi connectivity index (χ1n) is 10.7. The number of unbranched alkanes of at least 4 members (excludes halogenated alkanes) is 1. The quantitative estimate of drug-likeness (QED) is 0.402. The van der Waals surface area contributed by atoms with Gasteiger partial charge in [-0.1, -0.05) is 18.9 Å². The molecule has 1 heterocycles. The van der Waals surface area contributed by atoms with Gasteiger partial charge in [0.15, 0.2) is 0 Å². The van der Waals surface area contributed by atoms with E-state index in [1.807, 2.05) is 12.3 Å². The van der Waals surface area contributed by atoms with Gasteiger partial charge >= 0.3 is 13.1 Å². The summed E-state index contributed by atoms with van der Waals surface area (Å²) in [6.07, 6.45) is 10.9. The van der Waals surface area contributed by atoms with Gasteiger partial charge in [-0.3, -0.25) is 9.78 Å². The standard InChI is InChI=1S/C21H33BN2O4/c23-21(20(25)26,12-1-2-13-22(27)28)17-10-8-15(9-11-17)18-7-3-5-16-6-4-14-24-19(16)18/h4,6,14-15,17-18,27-28H,1-3,5,7-13,23H2,(H,25,26). The number of carboxylic acid groups (broad SMARTS) is 1. The Bertz CT molecular complexity index is 664. The zero-order chi connectivity index (χ0) is 20.1. The van der Waals surface area contributed by atoms with Crippen molar-refractivity contribution < 1.29 is 19.9 Å². The molecule has 0 bridgehead atoms. The Morgan fingerprint density at radius 3 is 2.64 bits per heavy atom. The largest absolute Gasteiger partial charge is 0.480 e. The third-order valence-corrected chi connectivity index (χ3v) is 7.01. The van der Waals surface area contributed by atoms with Crippen LogP contribution in [0.25, 0.3) is 0 Å². The van der Waals surface area contributed by atoms with Crippen LogP contribution >= 0.6 is 0 Å². The second-order valence-electron chi connectivity index (χ2n) is 8.73. The normalized spacial score (nSPS) is 26.9. The third kappa shape index (κ3) is 4.75. The molecule has 154 valence electrons. The molecule has 2 aliphatic carbocycles. The number of pyridine rings is 1. The Labute approximate surface area is 167 Å². The zero-order valence-corrected chi connectivity index (χ0v) is 16.6. The number of nitrogens with zero attached hydrogens (tertiary/aromatic N) is 1. The fourth-order valence-corrected chi connectivity index (χ4v) is 5.37. The fourth-order valence-electron chi connectivity index (χ4n) is 5.37. The highest BCUT2D eigenvalue weighted by Crippen LogP contribution is 2.45. The molecule has 1 aromatic heterocycles. The maximum atomic E-state index is 12.0. The molecule has 1 aromatic rings. The molecule has 7 heteroatoms. The van der Waals surface area contributed by atoms with Gasteiger partial charge in [0.2, 0.25) is 0 Å². The van der Waals surface area contributed by atoms with Crippen molar-refractivity contribution in [1.29, 1.82) is 0 Å². The molecular formula is C21H33BN2O4. The first-order valence-corrected chi connectivity index (χ1v) is 10.7. The average Bonchev–Trinajstić information content (AvgIpc) is 2.70. The first-order chi connectivity index (χ1) is 13.4. The molecular weight excluding hydrogens is 355 g/mol. The molecule has 0 amide bonds. The smallest absolute Gasteiger partial charge is 0.451 e. The van der Waals surface area contributed by atoms with Crippen molar-refractivity contribution >= 4 is 13.1 Å². The van der Waals surface area contributed by atoms with E-state index < -0.39 is 18.6 Å². The molecule has 0 aliphatic heterocycles. The van der Waals surface area contributed by atoms with Crippen LogP contribution in [0.15, 0.2) is 18.3 Å². The third-order valence-electron chi connectivity index (χ3n) is 7.01. The number of aryl methyl sites for hydroxylation is 1. The number of carboxylic acids is 1. The summed E-state index contributed by atoms with van der Waals surface area (Å²) in [4.78, 5) is 16.6. The Kier molecular flexibility index (Phi) is 7.12. The van der Waals surface area contributed by atoms with E-state index in [2.05, 4.69) is 11.1 Å². The lowest BCUT2D eigenvalue weighted by molar-refractivity contribution is -0.146. The van der Waals surface area contributed by atoms with Crippen molar-refractivity contribution in [1.82, 2.24) is 4.98 Å². The number of nitrogens with two attached hydrogens (primary N) is 1. The van der Waals surface area contributed by atoms with Crippen molar-refractivity contribution in [3.8, 4) is 0 Å². The lowest BCUT2D eigenvalue weighted by atomic mass is 9.65. The Hall–Kier alpha value is -1.44. The molecule has 3 rings (SSSR count). The molecule has 5 N–H and O–H groups in total. The van der Waals surface area contributed by atoms with Gasteiger partial charge < -0.3 is 20.9 Å². The highest BCUT2D eigenvalue weighted by Gasteiger charge is 2.44. The second kappa shape index (κ2) is 9.38. The van der Waals surface area contributed by atoms with Crippen molar-refractivity contribution in [2.45, 2.75) is 82.0 Å². The predicted octanol–water partition coefficient (Wildman–Crippen LogP) is 2.73. The van der Waals surface area contributed by atoms with Crippen LogP contribution in [0.4, 0.5) is 0 Å². The van der Waals surface area contributed by atoms with E-state index in [-0.39, 0.29) is 12.2 Å². The molecule has 0 aromatic carbocycles. The Balaban J connectivity index is 1.59. The fraction of sp³-hybridized carbons (Fsp3) is 0.714. The molecule has 6 nitrogen and oxygen atoms in total. The topological polar surface area (TPSA) is 117 Å². The zero-order valence-electron chi connectivity index (χ0n) is 16.6. The first kappa shape index (κ1) is 21.3. The Morgan fingerprint density at radius 1 is 1.21 bits per heavy atom. The molecule has 2 unspecified atom stereocenters. The van der Waals surface area contributed by atoms with Crippen molar-refractivity contribution in [3.63, 3.8) is 0 Å². The van der Waals surface area contributed by atoms with Gasteiger partial charge in [0.25, 0.3) is 0 Å². The molecule has 1 fully saturated rings. The van der Waals surface area contributed by atoms with E-state index in [1.54, 1.807) is 0 Å². The molecule has 28 heavy (non-hydrogen) atoms. The minimum absolute atomic E-state index is 0.0212. The minimum atomic E-state index is -1.33. The van der Waals surface area contributed by atoms with Crippen molar-refractivity contribution in [2.75, 3.05) is 0 Å². The van der Waals surface area contributed by atoms with E-state index in [1.165, 1.54) is 24.1 Å². The monoisotopic (exact) mass is 388 g/mol. The van der Waals surface area contributed by atoms with Crippen LogP contribution in [0, 0.1) is 11.8 Å².